The molecule has 1 heterocycles. The zero-order valence-electron chi connectivity index (χ0n) is 6.57. The number of nitrogens with one attached hydrogen (secondary N) is 1. The number of rotatable bonds is 1. The number of hydrogen-bond donors (Lipinski definition) is 1. The molecule has 0 aliphatic heterocycles. The predicted molar refractivity (Wildman–Crippen MR) is 55.8 cm³/mol. The van der Waals surface area contributed by atoms with Gasteiger partial charge in [0.2, 0.25) is 0 Å². The van der Waals surface area contributed by atoms with E-state index < -0.39 is 6.67 Å². The second-order valence-corrected chi connectivity index (χ2v) is 4.04. The van der Waals surface area contributed by atoms with Gasteiger partial charge in [0.15, 0.2) is 0 Å². The lowest BCUT2D eigenvalue weighted by atomic mass is 10.2. The number of fused-ring (bicyclic) bond motifs is 1. The van der Waals surface area contributed by atoms with Crippen molar-refractivity contribution < 1.29 is 4.39 Å². The van der Waals surface area contributed by atoms with E-state index in [9.17, 15) is 4.39 Å². The fraction of sp³-hybridized carbons (Fsp3) is 0.111. The summed E-state index contributed by atoms with van der Waals surface area (Å²) in [5, 5.41) is 1.59. The molecule has 68 valence electrons. The molecule has 0 spiro atoms. The zero-order valence-corrected chi connectivity index (χ0v) is 8.91. The molecule has 0 unspecified atom stereocenters. The van der Waals surface area contributed by atoms with Crippen LogP contribution in [0.1, 0.15) is 5.69 Å². The van der Waals surface area contributed by atoms with Crippen molar-refractivity contribution in [1.82, 2.24) is 4.98 Å². The molecule has 13 heavy (non-hydrogen) atoms. The quantitative estimate of drug-likeness (QED) is 0.798. The highest BCUT2D eigenvalue weighted by atomic mass is 79.9. The first-order valence-electron chi connectivity index (χ1n) is 3.73. The summed E-state index contributed by atoms with van der Waals surface area (Å²) in [4.78, 5) is 2.93. The van der Waals surface area contributed by atoms with Gasteiger partial charge in [-0.2, -0.15) is 0 Å². The third-order valence-electron chi connectivity index (χ3n) is 1.86. The monoisotopic (exact) mass is 261 g/mol. The van der Waals surface area contributed by atoms with E-state index >= 15 is 0 Å². The molecule has 0 fully saturated rings. The minimum Gasteiger partial charge on any atom is -0.356 e. The molecule has 1 N–H and O–H groups in total. The summed E-state index contributed by atoms with van der Waals surface area (Å²) in [6.45, 7) is -0.482. The number of H-pyrrole nitrogens is 1. The summed E-state index contributed by atoms with van der Waals surface area (Å²) < 4.78 is 13.1. The summed E-state index contributed by atoms with van der Waals surface area (Å²) in [7, 11) is 0. The number of hydrogen-bond acceptors (Lipinski definition) is 0. The second-order valence-electron chi connectivity index (χ2n) is 2.78. The average molecular weight is 263 g/mol. The van der Waals surface area contributed by atoms with Gasteiger partial charge in [-0.1, -0.05) is 11.6 Å². The maximum Gasteiger partial charge on any atom is 0.129 e. The van der Waals surface area contributed by atoms with Crippen molar-refractivity contribution in [3.8, 4) is 0 Å². The van der Waals surface area contributed by atoms with Crippen LogP contribution >= 0.6 is 27.5 Å². The van der Waals surface area contributed by atoms with Gasteiger partial charge in [0.1, 0.15) is 6.67 Å². The van der Waals surface area contributed by atoms with Crippen LogP contribution < -0.4 is 0 Å². The van der Waals surface area contributed by atoms with Gasteiger partial charge < -0.3 is 4.98 Å². The largest absolute Gasteiger partial charge is 0.356 e. The van der Waals surface area contributed by atoms with Crippen LogP contribution in [0.2, 0.25) is 5.02 Å². The molecular formula is C9H6BrClFN. The van der Waals surface area contributed by atoms with Crippen LogP contribution in [0.3, 0.4) is 0 Å². The van der Waals surface area contributed by atoms with E-state index in [-0.39, 0.29) is 0 Å². The maximum absolute atomic E-state index is 12.3. The molecule has 2 rings (SSSR count). The third kappa shape index (κ3) is 1.58. The van der Waals surface area contributed by atoms with Gasteiger partial charge in [0, 0.05) is 21.1 Å². The van der Waals surface area contributed by atoms with Crippen LogP contribution in [0.5, 0.6) is 0 Å². The Morgan fingerprint density at radius 1 is 1.38 bits per heavy atom. The first-order chi connectivity index (χ1) is 6.20. The van der Waals surface area contributed by atoms with E-state index in [0.29, 0.717) is 10.7 Å². The molecule has 0 radical (unpaired) electrons. The fourth-order valence-electron chi connectivity index (χ4n) is 1.26. The van der Waals surface area contributed by atoms with Gasteiger partial charge in [-0.25, -0.2) is 4.39 Å². The predicted octanol–water partition coefficient (Wildman–Crippen LogP) is 4.05. The standard InChI is InChI=1S/C9H6BrClFN/c10-7-2-5-1-6(4-12)13-9(5)3-8(7)11/h1-3,13H,4H2. The molecule has 1 aromatic heterocycles. The maximum atomic E-state index is 12.3. The first kappa shape index (κ1) is 9.03. The lowest BCUT2D eigenvalue weighted by Gasteiger charge is -1.94. The van der Waals surface area contributed by atoms with Crippen molar-refractivity contribution in [3.63, 3.8) is 0 Å². The molecule has 1 aromatic carbocycles. The van der Waals surface area contributed by atoms with Crippen LogP contribution in [0.25, 0.3) is 10.9 Å². The Balaban J connectivity index is 2.70. The smallest absolute Gasteiger partial charge is 0.129 e. The topological polar surface area (TPSA) is 15.8 Å². The highest BCUT2D eigenvalue weighted by Gasteiger charge is 2.03. The molecule has 0 saturated carbocycles. The third-order valence-corrected chi connectivity index (χ3v) is 3.06. The van der Waals surface area contributed by atoms with Crippen LogP contribution in [0.4, 0.5) is 4.39 Å². The van der Waals surface area contributed by atoms with Crippen molar-refractivity contribution in [3.05, 3.63) is 33.4 Å². The molecule has 0 saturated heterocycles. The summed E-state index contributed by atoms with van der Waals surface area (Å²) in [5.41, 5.74) is 1.44. The van der Waals surface area contributed by atoms with Gasteiger partial charge in [0.05, 0.1) is 5.02 Å². The Kier molecular flexibility index (Phi) is 2.30. The van der Waals surface area contributed by atoms with Gasteiger partial charge in [-0.05, 0) is 34.1 Å². The second kappa shape index (κ2) is 3.31. The number of aromatic amines is 1. The van der Waals surface area contributed by atoms with Crippen LogP contribution in [0, 0.1) is 0 Å². The van der Waals surface area contributed by atoms with E-state index in [1.165, 1.54) is 0 Å². The van der Waals surface area contributed by atoms with Crippen LogP contribution in [0.15, 0.2) is 22.7 Å². The molecule has 0 aliphatic carbocycles. The first-order valence-corrected chi connectivity index (χ1v) is 4.90. The van der Waals surface area contributed by atoms with Gasteiger partial charge in [0.25, 0.3) is 0 Å². The molecule has 0 aliphatic rings. The summed E-state index contributed by atoms with van der Waals surface area (Å²) in [6, 6.07) is 5.42. The van der Waals surface area contributed by atoms with E-state index in [2.05, 4.69) is 20.9 Å². The molecule has 4 heteroatoms. The van der Waals surface area contributed by atoms with Crippen molar-refractivity contribution in [2.75, 3.05) is 0 Å². The minimum atomic E-state index is -0.482. The number of aromatic nitrogens is 1. The summed E-state index contributed by atoms with van der Waals surface area (Å²) >= 11 is 9.19. The molecule has 2 aromatic rings. The SMILES string of the molecule is FCc1cc2cc(Br)c(Cl)cc2[nH]1. The van der Waals surface area contributed by atoms with Crippen molar-refractivity contribution in [2.45, 2.75) is 6.67 Å². The van der Waals surface area contributed by atoms with Gasteiger partial charge in [-0.3, -0.25) is 0 Å². The fourth-order valence-corrected chi connectivity index (χ4v) is 1.78. The Bertz CT molecular complexity index is 413. The summed E-state index contributed by atoms with van der Waals surface area (Å²) in [6.07, 6.45) is 0. The van der Waals surface area contributed by atoms with Crippen LogP contribution in [-0.2, 0) is 6.67 Å². The lowest BCUT2D eigenvalue weighted by Crippen LogP contribution is -1.74. The van der Waals surface area contributed by atoms with E-state index in [4.69, 9.17) is 11.6 Å². The molecule has 0 atom stereocenters. The molecular weight excluding hydrogens is 256 g/mol. The Hall–Kier alpha value is -0.540. The number of benzene rings is 1. The Labute approximate surface area is 88.0 Å². The van der Waals surface area contributed by atoms with E-state index in [1.807, 2.05) is 6.07 Å². The highest BCUT2D eigenvalue weighted by molar-refractivity contribution is 9.10. The summed E-state index contributed by atoms with van der Waals surface area (Å²) in [5.74, 6) is 0. The normalized spacial score (nSPS) is 11.0. The van der Waals surface area contributed by atoms with Gasteiger partial charge >= 0.3 is 0 Å². The lowest BCUT2D eigenvalue weighted by molar-refractivity contribution is 0.478. The van der Waals surface area contributed by atoms with Crippen LogP contribution in [-0.4, -0.2) is 4.98 Å². The van der Waals surface area contributed by atoms with Gasteiger partial charge in [-0.15, -0.1) is 0 Å². The van der Waals surface area contributed by atoms with Crippen molar-refractivity contribution in [2.24, 2.45) is 0 Å². The minimum absolute atomic E-state index is 0.482. The number of alkyl halides is 1. The zero-order chi connectivity index (χ0) is 9.42. The Morgan fingerprint density at radius 3 is 2.85 bits per heavy atom. The molecule has 1 nitrogen and oxygen atoms in total. The molecule has 0 bridgehead atoms. The van der Waals surface area contributed by atoms with Crippen molar-refractivity contribution >= 4 is 38.4 Å². The van der Waals surface area contributed by atoms with E-state index in [0.717, 1.165) is 15.4 Å². The molecule has 0 amide bonds. The average Bonchev–Trinajstić information content (AvgIpc) is 2.48. The number of halogens is 3. The Morgan fingerprint density at radius 2 is 2.15 bits per heavy atom. The highest BCUT2D eigenvalue weighted by Crippen LogP contribution is 2.28. The van der Waals surface area contributed by atoms with Crippen molar-refractivity contribution in [1.29, 1.82) is 0 Å². The van der Waals surface area contributed by atoms with E-state index in [1.54, 1.807) is 12.1 Å².